The summed E-state index contributed by atoms with van der Waals surface area (Å²) in [4.78, 5) is 11.4. The van der Waals surface area contributed by atoms with E-state index in [0.29, 0.717) is 0 Å². The summed E-state index contributed by atoms with van der Waals surface area (Å²) in [5.74, 6) is 7.50. The molecule has 0 aliphatic rings. The van der Waals surface area contributed by atoms with Crippen molar-refractivity contribution in [2.24, 2.45) is 5.84 Å². The van der Waals surface area contributed by atoms with Gasteiger partial charge in [-0.15, -0.1) is 11.8 Å². The van der Waals surface area contributed by atoms with Crippen molar-refractivity contribution in [1.82, 2.24) is 5.43 Å². The molecule has 1 atom stereocenters. The minimum atomic E-state index is -0.232. The SMILES string of the molecule is CC(C(=O)NN)c1ccc(CSCc2ccco2)cc1. The first-order valence-electron chi connectivity index (χ1n) is 6.40. The van der Waals surface area contributed by atoms with E-state index < -0.39 is 0 Å². The van der Waals surface area contributed by atoms with Gasteiger partial charge >= 0.3 is 0 Å². The maximum Gasteiger partial charge on any atom is 0.241 e. The van der Waals surface area contributed by atoms with E-state index in [4.69, 9.17) is 10.3 Å². The first-order valence-corrected chi connectivity index (χ1v) is 7.55. The summed E-state index contributed by atoms with van der Waals surface area (Å²) in [6.45, 7) is 1.84. The lowest BCUT2D eigenvalue weighted by Gasteiger charge is -2.10. The van der Waals surface area contributed by atoms with Crippen LogP contribution in [0.5, 0.6) is 0 Å². The Morgan fingerprint density at radius 1 is 1.30 bits per heavy atom. The molecule has 0 spiro atoms. The lowest BCUT2D eigenvalue weighted by Crippen LogP contribution is -2.33. The second-order valence-electron chi connectivity index (χ2n) is 4.54. The zero-order chi connectivity index (χ0) is 14.4. The van der Waals surface area contributed by atoms with Gasteiger partial charge in [0, 0.05) is 5.75 Å². The molecule has 1 amide bonds. The van der Waals surface area contributed by atoms with Crippen LogP contribution in [0, 0.1) is 0 Å². The van der Waals surface area contributed by atoms with Gasteiger partial charge in [-0.3, -0.25) is 10.2 Å². The van der Waals surface area contributed by atoms with Crippen molar-refractivity contribution in [3.05, 3.63) is 59.5 Å². The fourth-order valence-corrected chi connectivity index (χ4v) is 2.74. The molecule has 1 aromatic heterocycles. The van der Waals surface area contributed by atoms with E-state index in [1.54, 1.807) is 18.0 Å². The van der Waals surface area contributed by atoms with Gasteiger partial charge in [0.15, 0.2) is 0 Å². The largest absolute Gasteiger partial charge is 0.468 e. The highest BCUT2D eigenvalue weighted by molar-refractivity contribution is 7.97. The highest BCUT2D eigenvalue weighted by Gasteiger charge is 2.13. The van der Waals surface area contributed by atoms with Crippen molar-refractivity contribution in [2.45, 2.75) is 24.3 Å². The normalized spacial score (nSPS) is 12.1. The van der Waals surface area contributed by atoms with Crippen LogP contribution in [0.4, 0.5) is 0 Å². The maximum atomic E-state index is 11.4. The first-order chi connectivity index (χ1) is 9.70. The lowest BCUT2D eigenvalue weighted by molar-refractivity contribution is -0.122. The molecule has 2 aromatic rings. The van der Waals surface area contributed by atoms with E-state index in [-0.39, 0.29) is 11.8 Å². The molecule has 0 fully saturated rings. The number of carbonyl (C=O) groups is 1. The topological polar surface area (TPSA) is 68.3 Å². The number of nitrogens with one attached hydrogen (secondary N) is 1. The molecule has 1 heterocycles. The summed E-state index contributed by atoms with van der Waals surface area (Å²) in [5.41, 5.74) is 4.37. The number of nitrogens with two attached hydrogens (primary N) is 1. The third kappa shape index (κ3) is 3.88. The molecule has 1 unspecified atom stereocenters. The van der Waals surface area contributed by atoms with Crippen molar-refractivity contribution in [2.75, 3.05) is 0 Å². The highest BCUT2D eigenvalue weighted by Crippen LogP contribution is 2.21. The van der Waals surface area contributed by atoms with E-state index in [1.165, 1.54) is 5.56 Å². The van der Waals surface area contributed by atoms with Crippen molar-refractivity contribution < 1.29 is 9.21 Å². The van der Waals surface area contributed by atoms with Gasteiger partial charge in [-0.25, -0.2) is 5.84 Å². The average Bonchev–Trinajstić information content (AvgIpc) is 2.99. The molecule has 0 saturated heterocycles. The quantitative estimate of drug-likeness (QED) is 0.487. The van der Waals surface area contributed by atoms with E-state index in [0.717, 1.165) is 22.8 Å². The Hall–Kier alpha value is -1.72. The minimum absolute atomic E-state index is 0.176. The third-order valence-corrected chi connectivity index (χ3v) is 4.13. The summed E-state index contributed by atoms with van der Waals surface area (Å²) in [6.07, 6.45) is 1.69. The molecule has 106 valence electrons. The molecule has 0 aliphatic heterocycles. The Labute approximate surface area is 122 Å². The Bertz CT molecular complexity index is 538. The van der Waals surface area contributed by atoms with Crippen LogP contribution in [0.15, 0.2) is 47.1 Å². The fourth-order valence-electron chi connectivity index (χ4n) is 1.84. The van der Waals surface area contributed by atoms with Crippen molar-refractivity contribution >= 4 is 17.7 Å². The molecule has 5 heteroatoms. The molecular formula is C15H18N2O2S. The van der Waals surface area contributed by atoms with Crippen LogP contribution in [0.2, 0.25) is 0 Å². The van der Waals surface area contributed by atoms with Crippen LogP contribution in [0.1, 0.15) is 29.7 Å². The predicted molar refractivity (Wildman–Crippen MR) is 80.9 cm³/mol. The fraction of sp³-hybridized carbons (Fsp3) is 0.267. The smallest absolute Gasteiger partial charge is 0.241 e. The number of hydrogen-bond donors (Lipinski definition) is 2. The first kappa shape index (κ1) is 14.7. The van der Waals surface area contributed by atoms with Crippen molar-refractivity contribution in [3.8, 4) is 0 Å². The summed E-state index contributed by atoms with van der Waals surface area (Å²) in [7, 11) is 0. The number of rotatable bonds is 6. The molecule has 4 nitrogen and oxygen atoms in total. The van der Waals surface area contributed by atoms with Gasteiger partial charge in [-0.05, 0) is 30.2 Å². The zero-order valence-electron chi connectivity index (χ0n) is 11.3. The molecule has 0 aliphatic carbocycles. The maximum absolute atomic E-state index is 11.4. The molecule has 0 radical (unpaired) electrons. The van der Waals surface area contributed by atoms with Gasteiger partial charge in [0.1, 0.15) is 5.76 Å². The van der Waals surface area contributed by atoms with Crippen LogP contribution < -0.4 is 11.3 Å². The summed E-state index contributed by atoms with van der Waals surface area (Å²) < 4.78 is 5.28. The third-order valence-electron chi connectivity index (χ3n) is 3.11. The van der Waals surface area contributed by atoms with E-state index in [2.05, 4.69) is 5.43 Å². The van der Waals surface area contributed by atoms with Gasteiger partial charge in [0.05, 0.1) is 17.9 Å². The number of benzene rings is 1. The molecule has 20 heavy (non-hydrogen) atoms. The van der Waals surface area contributed by atoms with E-state index in [1.807, 2.05) is 43.3 Å². The average molecular weight is 290 g/mol. The zero-order valence-corrected chi connectivity index (χ0v) is 12.2. The molecule has 0 bridgehead atoms. The number of amides is 1. The Morgan fingerprint density at radius 3 is 2.65 bits per heavy atom. The number of hydrazine groups is 1. The molecular weight excluding hydrogens is 272 g/mol. The second-order valence-corrected chi connectivity index (χ2v) is 5.53. The van der Waals surface area contributed by atoms with E-state index >= 15 is 0 Å². The van der Waals surface area contributed by atoms with Crippen LogP contribution in [0.3, 0.4) is 0 Å². The van der Waals surface area contributed by atoms with Gasteiger partial charge in [0.2, 0.25) is 5.91 Å². The standard InChI is InChI=1S/C15H18N2O2S/c1-11(15(18)17-16)13-6-4-12(5-7-13)9-20-10-14-3-2-8-19-14/h2-8,11H,9-10,16H2,1H3,(H,17,18). The minimum Gasteiger partial charge on any atom is -0.468 e. The Balaban J connectivity index is 1.86. The molecule has 0 saturated carbocycles. The Kier molecular flexibility index (Phi) is 5.26. The summed E-state index contributed by atoms with van der Waals surface area (Å²) >= 11 is 1.80. The monoisotopic (exact) mass is 290 g/mol. The van der Waals surface area contributed by atoms with Crippen LogP contribution in [-0.4, -0.2) is 5.91 Å². The molecule has 2 rings (SSSR count). The second kappa shape index (κ2) is 7.17. The summed E-state index contributed by atoms with van der Waals surface area (Å²) in [5, 5.41) is 0. The van der Waals surface area contributed by atoms with Crippen LogP contribution >= 0.6 is 11.8 Å². The lowest BCUT2D eigenvalue weighted by atomic mass is 10.00. The molecule has 3 N–H and O–H groups in total. The van der Waals surface area contributed by atoms with E-state index in [9.17, 15) is 4.79 Å². The number of hydrogen-bond acceptors (Lipinski definition) is 4. The number of thioether (sulfide) groups is 1. The van der Waals surface area contributed by atoms with Gasteiger partial charge in [-0.2, -0.15) is 0 Å². The number of furan rings is 1. The van der Waals surface area contributed by atoms with Crippen molar-refractivity contribution in [3.63, 3.8) is 0 Å². The van der Waals surface area contributed by atoms with Gasteiger partial charge < -0.3 is 4.42 Å². The van der Waals surface area contributed by atoms with Gasteiger partial charge in [0.25, 0.3) is 0 Å². The Morgan fingerprint density at radius 2 is 2.05 bits per heavy atom. The predicted octanol–water partition coefficient (Wildman–Crippen LogP) is 2.81. The van der Waals surface area contributed by atoms with Crippen LogP contribution in [-0.2, 0) is 16.3 Å². The number of carbonyl (C=O) groups excluding carboxylic acids is 1. The summed E-state index contributed by atoms with van der Waals surface area (Å²) in [6, 6.07) is 11.9. The van der Waals surface area contributed by atoms with Crippen molar-refractivity contribution in [1.29, 1.82) is 0 Å². The molecule has 1 aromatic carbocycles. The van der Waals surface area contributed by atoms with Crippen LogP contribution in [0.25, 0.3) is 0 Å². The van der Waals surface area contributed by atoms with Gasteiger partial charge in [-0.1, -0.05) is 24.3 Å². The highest BCUT2D eigenvalue weighted by atomic mass is 32.2.